The van der Waals surface area contributed by atoms with E-state index in [1.807, 2.05) is 0 Å². The maximum atomic E-state index is 12.8. The van der Waals surface area contributed by atoms with Crippen LogP contribution in [0.25, 0.3) is 0 Å². The van der Waals surface area contributed by atoms with Crippen LogP contribution in [0.2, 0.25) is 0 Å². The lowest BCUT2D eigenvalue weighted by Gasteiger charge is -2.17. The lowest BCUT2D eigenvalue weighted by atomic mass is 10.1. The van der Waals surface area contributed by atoms with Gasteiger partial charge in [-0.1, -0.05) is 0 Å². The Kier molecular flexibility index (Phi) is 5.90. The second kappa shape index (κ2) is 8.77. The number of carbonyl (C=O) groups excluding carboxylic acids is 3. The average molecular weight is 424 g/mol. The molecule has 0 spiro atoms. The van der Waals surface area contributed by atoms with Gasteiger partial charge in [-0.15, -0.1) is 0 Å². The van der Waals surface area contributed by atoms with E-state index in [1.54, 1.807) is 50.4 Å². The fourth-order valence-electron chi connectivity index (χ4n) is 3.68. The molecular formula is C23H24N2O6. The number of carbonyl (C=O) groups is 3. The molecule has 0 radical (unpaired) electrons. The van der Waals surface area contributed by atoms with E-state index in [0.29, 0.717) is 29.4 Å². The van der Waals surface area contributed by atoms with E-state index in [9.17, 15) is 14.4 Å². The van der Waals surface area contributed by atoms with Gasteiger partial charge >= 0.3 is 0 Å². The van der Waals surface area contributed by atoms with Crippen molar-refractivity contribution in [1.82, 2.24) is 4.90 Å². The van der Waals surface area contributed by atoms with Gasteiger partial charge in [0, 0.05) is 12.3 Å². The fraction of sp³-hybridized carbons (Fsp3) is 0.348. The second-order valence-corrected chi connectivity index (χ2v) is 7.54. The zero-order chi connectivity index (χ0) is 22.0. The molecule has 2 unspecified atom stereocenters. The third-order valence-electron chi connectivity index (χ3n) is 5.39. The van der Waals surface area contributed by atoms with Crippen LogP contribution in [0.5, 0.6) is 11.5 Å². The van der Waals surface area contributed by atoms with Gasteiger partial charge in [0.05, 0.1) is 30.9 Å². The summed E-state index contributed by atoms with van der Waals surface area (Å²) in [6.07, 6.45) is 0.883. The lowest BCUT2D eigenvalue weighted by molar-refractivity contribution is -0.122. The Labute approximate surface area is 180 Å². The number of benzene rings is 2. The number of amides is 3. The largest absolute Gasteiger partial charge is 0.497 e. The van der Waals surface area contributed by atoms with E-state index in [4.69, 9.17) is 14.2 Å². The molecule has 0 saturated carbocycles. The van der Waals surface area contributed by atoms with Crippen LogP contribution in [0.1, 0.15) is 40.5 Å². The molecule has 0 aliphatic carbocycles. The van der Waals surface area contributed by atoms with Crippen molar-refractivity contribution in [3.05, 3.63) is 53.6 Å². The van der Waals surface area contributed by atoms with E-state index in [2.05, 4.69) is 5.32 Å². The normalized spacial score (nSPS) is 18.6. The molecule has 2 aliphatic heterocycles. The molecule has 1 saturated heterocycles. The number of nitrogens with zero attached hydrogens (tertiary/aromatic N) is 1. The topological polar surface area (TPSA) is 94.2 Å². The van der Waals surface area contributed by atoms with Gasteiger partial charge in [-0.25, -0.2) is 0 Å². The third-order valence-corrected chi connectivity index (χ3v) is 5.39. The van der Waals surface area contributed by atoms with Gasteiger partial charge in [0.15, 0.2) is 6.10 Å². The summed E-state index contributed by atoms with van der Waals surface area (Å²) in [5.74, 6) is 0.153. The molecule has 2 aromatic carbocycles. The summed E-state index contributed by atoms with van der Waals surface area (Å²) in [6.45, 7) is 2.53. The highest BCUT2D eigenvalue weighted by Gasteiger charge is 2.37. The first kappa shape index (κ1) is 20.9. The number of rotatable bonds is 7. The van der Waals surface area contributed by atoms with Gasteiger partial charge in [-0.05, 0) is 62.2 Å². The summed E-state index contributed by atoms with van der Waals surface area (Å²) >= 11 is 0. The highest BCUT2D eigenvalue weighted by Crippen LogP contribution is 2.28. The van der Waals surface area contributed by atoms with Gasteiger partial charge in [0.2, 0.25) is 0 Å². The van der Waals surface area contributed by atoms with Crippen molar-refractivity contribution in [3.63, 3.8) is 0 Å². The molecule has 31 heavy (non-hydrogen) atoms. The maximum absolute atomic E-state index is 12.8. The number of hydrogen-bond acceptors (Lipinski definition) is 6. The summed E-state index contributed by atoms with van der Waals surface area (Å²) < 4.78 is 16.3. The first-order valence-corrected chi connectivity index (χ1v) is 10.2. The van der Waals surface area contributed by atoms with Crippen LogP contribution in [0.4, 0.5) is 5.69 Å². The van der Waals surface area contributed by atoms with Crippen molar-refractivity contribution in [2.45, 2.75) is 32.0 Å². The average Bonchev–Trinajstić information content (AvgIpc) is 3.37. The van der Waals surface area contributed by atoms with Gasteiger partial charge in [0.25, 0.3) is 17.7 Å². The Bertz CT molecular complexity index is 998. The Hall–Kier alpha value is -3.39. The minimum Gasteiger partial charge on any atom is -0.497 e. The number of ether oxygens (including phenoxy) is 3. The van der Waals surface area contributed by atoms with E-state index in [1.165, 1.54) is 11.0 Å². The predicted molar refractivity (Wildman–Crippen MR) is 112 cm³/mol. The first-order chi connectivity index (χ1) is 15.0. The smallest absolute Gasteiger partial charge is 0.265 e. The number of fused-ring (bicyclic) bond motifs is 1. The van der Waals surface area contributed by atoms with Gasteiger partial charge in [0.1, 0.15) is 11.5 Å². The first-order valence-electron chi connectivity index (χ1n) is 10.2. The molecule has 3 amide bonds. The third kappa shape index (κ3) is 4.39. The van der Waals surface area contributed by atoms with E-state index in [-0.39, 0.29) is 35.9 Å². The molecule has 8 heteroatoms. The molecule has 162 valence electrons. The van der Waals surface area contributed by atoms with E-state index in [0.717, 1.165) is 12.8 Å². The zero-order valence-corrected chi connectivity index (χ0v) is 17.4. The van der Waals surface area contributed by atoms with Gasteiger partial charge in [-0.3, -0.25) is 19.3 Å². The molecule has 2 atom stereocenters. The van der Waals surface area contributed by atoms with E-state index >= 15 is 0 Å². The van der Waals surface area contributed by atoms with Crippen LogP contribution < -0.4 is 14.8 Å². The molecule has 1 fully saturated rings. The number of imide groups is 1. The van der Waals surface area contributed by atoms with E-state index < -0.39 is 6.10 Å². The van der Waals surface area contributed by atoms with Crippen LogP contribution in [-0.4, -0.2) is 55.1 Å². The van der Waals surface area contributed by atoms with Crippen molar-refractivity contribution in [2.24, 2.45) is 0 Å². The van der Waals surface area contributed by atoms with Crippen molar-refractivity contribution in [3.8, 4) is 11.5 Å². The van der Waals surface area contributed by atoms with Crippen LogP contribution in [0.3, 0.4) is 0 Å². The zero-order valence-electron chi connectivity index (χ0n) is 17.4. The number of methoxy groups -OCH3 is 1. The summed E-state index contributed by atoms with van der Waals surface area (Å²) in [5, 5.41) is 2.74. The van der Waals surface area contributed by atoms with Crippen molar-refractivity contribution >= 4 is 23.4 Å². The maximum Gasteiger partial charge on any atom is 0.265 e. The lowest BCUT2D eigenvalue weighted by Crippen LogP contribution is -2.36. The molecular weight excluding hydrogens is 400 g/mol. The standard InChI is InChI=1S/C23H24N2O6/c1-14(31-17-8-6-16(29-2)7-9-17)21(26)24-15-5-10-19-20(12-15)23(28)25(22(19)27)13-18-4-3-11-30-18/h5-10,12,14,18H,3-4,11,13H2,1-2H3,(H,24,26). The summed E-state index contributed by atoms with van der Waals surface area (Å²) in [6, 6.07) is 11.6. The molecule has 4 rings (SSSR count). The Balaban J connectivity index is 1.41. The molecule has 8 nitrogen and oxygen atoms in total. The Morgan fingerprint density at radius 1 is 1.13 bits per heavy atom. The number of hydrogen-bond donors (Lipinski definition) is 1. The fourth-order valence-corrected chi connectivity index (χ4v) is 3.68. The van der Waals surface area contributed by atoms with Crippen molar-refractivity contribution < 1.29 is 28.6 Å². The van der Waals surface area contributed by atoms with Gasteiger partial charge < -0.3 is 19.5 Å². The summed E-state index contributed by atoms with van der Waals surface area (Å²) in [7, 11) is 1.57. The summed E-state index contributed by atoms with van der Waals surface area (Å²) in [5.41, 5.74) is 1.04. The Morgan fingerprint density at radius 3 is 2.52 bits per heavy atom. The minimum atomic E-state index is -0.769. The van der Waals surface area contributed by atoms with Crippen molar-refractivity contribution in [1.29, 1.82) is 0 Å². The van der Waals surface area contributed by atoms with Crippen molar-refractivity contribution in [2.75, 3.05) is 25.6 Å². The molecule has 0 aromatic heterocycles. The second-order valence-electron chi connectivity index (χ2n) is 7.54. The monoisotopic (exact) mass is 424 g/mol. The Morgan fingerprint density at radius 2 is 1.84 bits per heavy atom. The van der Waals surface area contributed by atoms with Gasteiger partial charge in [-0.2, -0.15) is 0 Å². The molecule has 2 heterocycles. The molecule has 0 bridgehead atoms. The number of anilines is 1. The predicted octanol–water partition coefficient (Wildman–Crippen LogP) is 2.88. The SMILES string of the molecule is COc1ccc(OC(C)C(=O)Nc2ccc3c(c2)C(=O)N(CC2CCCO2)C3=O)cc1. The minimum absolute atomic E-state index is 0.114. The molecule has 2 aliphatic rings. The van der Waals surface area contributed by atoms with Crippen LogP contribution in [-0.2, 0) is 9.53 Å². The number of nitrogens with one attached hydrogen (secondary N) is 1. The molecule has 1 N–H and O–H groups in total. The molecule has 2 aromatic rings. The quantitative estimate of drug-likeness (QED) is 0.687. The highest BCUT2D eigenvalue weighted by molar-refractivity contribution is 6.22. The summed E-state index contributed by atoms with van der Waals surface area (Å²) in [4.78, 5) is 39.1. The van der Waals surface area contributed by atoms with Crippen LogP contribution in [0, 0.1) is 0 Å². The highest BCUT2D eigenvalue weighted by atomic mass is 16.5. The van der Waals surface area contributed by atoms with Crippen LogP contribution >= 0.6 is 0 Å². The van der Waals surface area contributed by atoms with Crippen LogP contribution in [0.15, 0.2) is 42.5 Å².